The number of nitrogens with one attached hydrogen (secondary N) is 1. The zero-order chi connectivity index (χ0) is 25.8. The minimum atomic E-state index is -0.495. The van der Waals surface area contributed by atoms with E-state index < -0.39 is 6.04 Å². The lowest BCUT2D eigenvalue weighted by Crippen LogP contribution is -2.38. The molecular formula is C30H40N2O3S. The average Bonchev–Trinajstić information content (AvgIpc) is 2.93. The number of aldehydes is 2. The van der Waals surface area contributed by atoms with Crippen LogP contribution in [0.15, 0.2) is 47.4 Å². The standard InChI is InChI=1S/C30H40N2O3S/c1-3-9-27(21-34)32(2)30(35)29-25(20-33)11-7-14-28(29)36-22-24-17-15-23(16-18-24)10-8-19-31-26-12-5-4-6-13-26/h7,11,14-18,20-21,26-27,31H,3-6,8-10,12-13,19,22H2,1-2H3. The van der Waals surface area contributed by atoms with Crippen LogP contribution < -0.4 is 5.32 Å². The normalized spacial score (nSPS) is 14.8. The van der Waals surface area contributed by atoms with Crippen LogP contribution in [0.1, 0.15) is 90.1 Å². The smallest absolute Gasteiger partial charge is 0.256 e. The van der Waals surface area contributed by atoms with Crippen LogP contribution >= 0.6 is 11.8 Å². The molecule has 1 saturated carbocycles. The van der Waals surface area contributed by atoms with E-state index in [1.807, 2.05) is 13.0 Å². The number of thioether (sulfide) groups is 1. The van der Waals surface area contributed by atoms with Crippen LogP contribution in [-0.4, -0.2) is 49.1 Å². The van der Waals surface area contributed by atoms with E-state index in [2.05, 4.69) is 29.6 Å². The number of hydrogen-bond donors (Lipinski definition) is 1. The first-order valence-corrected chi connectivity index (χ1v) is 14.3. The van der Waals surface area contributed by atoms with E-state index in [9.17, 15) is 14.4 Å². The summed E-state index contributed by atoms with van der Waals surface area (Å²) in [4.78, 5) is 38.8. The third kappa shape index (κ3) is 8.04. The highest BCUT2D eigenvalue weighted by atomic mass is 32.2. The van der Waals surface area contributed by atoms with Gasteiger partial charge in [-0.2, -0.15) is 0 Å². The molecule has 3 rings (SSSR count). The van der Waals surface area contributed by atoms with Gasteiger partial charge in [0.25, 0.3) is 5.91 Å². The Bertz CT molecular complexity index is 986. The molecule has 0 saturated heterocycles. The van der Waals surface area contributed by atoms with E-state index >= 15 is 0 Å². The molecule has 1 atom stereocenters. The van der Waals surface area contributed by atoms with Crippen molar-refractivity contribution in [1.82, 2.24) is 10.2 Å². The van der Waals surface area contributed by atoms with Gasteiger partial charge in [0.1, 0.15) is 6.29 Å². The summed E-state index contributed by atoms with van der Waals surface area (Å²) in [6.07, 6.45) is 11.9. The summed E-state index contributed by atoms with van der Waals surface area (Å²) in [5.41, 5.74) is 3.25. The third-order valence-corrected chi connectivity index (χ3v) is 8.19. The Labute approximate surface area is 220 Å². The Morgan fingerprint density at radius 2 is 1.81 bits per heavy atom. The van der Waals surface area contributed by atoms with E-state index in [-0.39, 0.29) is 5.91 Å². The van der Waals surface area contributed by atoms with Crippen LogP contribution in [0.4, 0.5) is 0 Å². The molecule has 0 spiro atoms. The maximum absolute atomic E-state index is 13.3. The van der Waals surface area contributed by atoms with Crippen molar-refractivity contribution in [2.45, 2.75) is 87.4 Å². The highest BCUT2D eigenvalue weighted by Crippen LogP contribution is 2.30. The summed E-state index contributed by atoms with van der Waals surface area (Å²) in [7, 11) is 1.64. The molecule has 6 heteroatoms. The predicted octanol–water partition coefficient (Wildman–Crippen LogP) is 6.09. The van der Waals surface area contributed by atoms with Crippen LogP contribution in [0.5, 0.6) is 0 Å². The number of rotatable bonds is 14. The van der Waals surface area contributed by atoms with Crippen molar-refractivity contribution in [3.63, 3.8) is 0 Å². The van der Waals surface area contributed by atoms with Crippen molar-refractivity contribution in [3.05, 3.63) is 64.7 Å². The van der Waals surface area contributed by atoms with E-state index in [1.165, 1.54) is 48.1 Å². The lowest BCUT2D eigenvalue weighted by atomic mass is 9.95. The first-order chi connectivity index (χ1) is 17.6. The molecule has 1 fully saturated rings. The molecule has 1 amide bonds. The summed E-state index contributed by atoms with van der Waals surface area (Å²) in [6, 6.07) is 14.2. The number of amides is 1. The molecule has 1 N–H and O–H groups in total. The van der Waals surface area contributed by atoms with Crippen LogP contribution in [0.3, 0.4) is 0 Å². The summed E-state index contributed by atoms with van der Waals surface area (Å²) >= 11 is 1.55. The van der Waals surface area contributed by atoms with Gasteiger partial charge in [-0.15, -0.1) is 11.8 Å². The molecule has 0 radical (unpaired) electrons. The second kappa shape index (κ2) is 15.0. The van der Waals surface area contributed by atoms with Gasteiger partial charge in [-0.05, 0) is 55.8 Å². The maximum atomic E-state index is 13.3. The highest BCUT2D eigenvalue weighted by Gasteiger charge is 2.25. The summed E-state index contributed by atoms with van der Waals surface area (Å²) in [5, 5.41) is 3.71. The Balaban J connectivity index is 1.58. The molecule has 0 heterocycles. The van der Waals surface area contributed by atoms with Gasteiger partial charge in [0.05, 0.1) is 11.6 Å². The van der Waals surface area contributed by atoms with Crippen molar-refractivity contribution >= 4 is 30.2 Å². The molecule has 0 bridgehead atoms. The molecule has 36 heavy (non-hydrogen) atoms. The second-order valence-electron chi connectivity index (χ2n) is 9.74. The van der Waals surface area contributed by atoms with Crippen molar-refractivity contribution < 1.29 is 14.4 Å². The summed E-state index contributed by atoms with van der Waals surface area (Å²) in [6.45, 7) is 3.05. The van der Waals surface area contributed by atoms with Crippen molar-refractivity contribution in [2.24, 2.45) is 0 Å². The Morgan fingerprint density at radius 1 is 1.08 bits per heavy atom. The largest absolute Gasteiger partial charge is 0.332 e. The molecule has 0 aromatic heterocycles. The zero-order valence-corrected chi connectivity index (χ0v) is 22.5. The second-order valence-corrected chi connectivity index (χ2v) is 10.8. The van der Waals surface area contributed by atoms with Gasteiger partial charge in [0.2, 0.25) is 0 Å². The number of carbonyl (C=O) groups excluding carboxylic acids is 3. The first kappa shape index (κ1) is 28.1. The Kier molecular flexibility index (Phi) is 11.7. The number of benzene rings is 2. The van der Waals surface area contributed by atoms with Gasteiger partial charge in [0.15, 0.2) is 6.29 Å². The quantitative estimate of drug-likeness (QED) is 0.190. The third-order valence-electron chi connectivity index (χ3n) is 7.06. The fourth-order valence-corrected chi connectivity index (χ4v) is 5.88. The Morgan fingerprint density at radius 3 is 2.47 bits per heavy atom. The molecule has 5 nitrogen and oxygen atoms in total. The van der Waals surface area contributed by atoms with Crippen LogP contribution in [0.25, 0.3) is 0 Å². The monoisotopic (exact) mass is 508 g/mol. The molecule has 1 aliphatic carbocycles. The minimum absolute atomic E-state index is 0.289. The Hall–Kier alpha value is -2.44. The lowest BCUT2D eigenvalue weighted by Gasteiger charge is -2.25. The van der Waals surface area contributed by atoms with Crippen LogP contribution in [0, 0.1) is 0 Å². The molecule has 194 valence electrons. The van der Waals surface area contributed by atoms with Gasteiger partial charge < -0.3 is 15.0 Å². The fraction of sp³-hybridized carbons (Fsp3) is 0.500. The van der Waals surface area contributed by atoms with E-state index in [4.69, 9.17) is 0 Å². The van der Waals surface area contributed by atoms with Gasteiger partial charge in [0, 0.05) is 29.3 Å². The molecule has 0 aliphatic heterocycles. The summed E-state index contributed by atoms with van der Waals surface area (Å²) in [5.74, 6) is 0.407. The zero-order valence-electron chi connectivity index (χ0n) is 21.7. The highest BCUT2D eigenvalue weighted by molar-refractivity contribution is 7.98. The SMILES string of the molecule is CCCC(C=O)N(C)C(=O)c1c(C=O)cccc1SCc1ccc(CCCNC2CCCCC2)cc1. The minimum Gasteiger partial charge on any atom is -0.332 e. The first-order valence-electron chi connectivity index (χ1n) is 13.3. The van der Waals surface area contributed by atoms with E-state index in [1.54, 1.807) is 30.9 Å². The number of nitrogens with zero attached hydrogens (tertiary/aromatic N) is 1. The predicted molar refractivity (Wildman–Crippen MR) is 148 cm³/mol. The molecule has 2 aromatic rings. The van der Waals surface area contributed by atoms with Crippen molar-refractivity contribution in [1.29, 1.82) is 0 Å². The lowest BCUT2D eigenvalue weighted by molar-refractivity contribution is -0.111. The number of carbonyl (C=O) groups is 3. The van der Waals surface area contributed by atoms with Gasteiger partial charge in [-0.25, -0.2) is 0 Å². The van der Waals surface area contributed by atoms with Crippen LogP contribution in [0.2, 0.25) is 0 Å². The average molecular weight is 509 g/mol. The number of likely N-dealkylation sites (N-methyl/N-ethyl adjacent to an activating group) is 1. The van der Waals surface area contributed by atoms with Gasteiger partial charge >= 0.3 is 0 Å². The van der Waals surface area contributed by atoms with Crippen molar-refractivity contribution in [2.75, 3.05) is 13.6 Å². The van der Waals surface area contributed by atoms with E-state index in [0.717, 1.165) is 43.3 Å². The topological polar surface area (TPSA) is 66.5 Å². The molecule has 1 aliphatic rings. The number of hydrogen-bond acceptors (Lipinski definition) is 5. The summed E-state index contributed by atoms with van der Waals surface area (Å²) < 4.78 is 0. The maximum Gasteiger partial charge on any atom is 0.256 e. The van der Waals surface area contributed by atoms with Gasteiger partial charge in [-0.1, -0.05) is 69.0 Å². The fourth-order valence-electron chi connectivity index (χ4n) is 4.84. The molecule has 2 aromatic carbocycles. The van der Waals surface area contributed by atoms with E-state index in [0.29, 0.717) is 29.3 Å². The molecule has 1 unspecified atom stereocenters. The van der Waals surface area contributed by atoms with Crippen LogP contribution in [-0.2, 0) is 17.0 Å². The van der Waals surface area contributed by atoms with Gasteiger partial charge in [-0.3, -0.25) is 9.59 Å². The molecular weight excluding hydrogens is 468 g/mol. The van der Waals surface area contributed by atoms with Crippen molar-refractivity contribution in [3.8, 4) is 0 Å². The number of aryl methyl sites for hydroxylation is 1.